The number of fused-ring (bicyclic) bond motifs is 1. The number of benzene rings is 2. The average Bonchev–Trinajstić information content (AvgIpc) is 3.51. The van der Waals surface area contributed by atoms with E-state index in [0.29, 0.717) is 37.4 Å². The molecular formula is C28H24N4O2. The van der Waals surface area contributed by atoms with Crippen LogP contribution in [0.3, 0.4) is 0 Å². The number of furan rings is 1. The summed E-state index contributed by atoms with van der Waals surface area (Å²) in [5.74, 6) is 0.152. The zero-order valence-electron chi connectivity index (χ0n) is 18.7. The first-order chi connectivity index (χ1) is 16.6. The number of aliphatic imine (C=N–C) groups is 1. The third kappa shape index (κ3) is 4.28. The molecule has 2 aliphatic rings. The highest BCUT2D eigenvalue weighted by Gasteiger charge is 2.33. The molecule has 6 heteroatoms. The molecule has 3 aromatic rings. The molecule has 0 spiro atoms. The normalized spacial score (nSPS) is 17.2. The number of rotatable bonds is 5. The Labute approximate surface area is 198 Å². The Morgan fingerprint density at radius 2 is 2.03 bits per heavy atom. The van der Waals surface area contributed by atoms with E-state index in [1.165, 1.54) is 6.26 Å². The second-order valence-corrected chi connectivity index (χ2v) is 8.55. The van der Waals surface area contributed by atoms with Crippen molar-refractivity contribution in [1.29, 1.82) is 5.26 Å². The molecule has 0 fully saturated rings. The molecule has 0 aliphatic carbocycles. The molecule has 1 amide bonds. The van der Waals surface area contributed by atoms with Crippen molar-refractivity contribution < 1.29 is 9.21 Å². The van der Waals surface area contributed by atoms with Gasteiger partial charge in [0, 0.05) is 37.7 Å². The smallest absolute Gasteiger partial charge is 0.290 e. The van der Waals surface area contributed by atoms with Crippen LogP contribution < -0.4 is 4.90 Å². The van der Waals surface area contributed by atoms with E-state index in [1.54, 1.807) is 18.3 Å². The van der Waals surface area contributed by atoms with Crippen LogP contribution in [-0.4, -0.2) is 36.2 Å². The fourth-order valence-corrected chi connectivity index (χ4v) is 4.58. The first-order valence-corrected chi connectivity index (χ1v) is 11.2. The van der Waals surface area contributed by atoms with E-state index < -0.39 is 0 Å². The van der Waals surface area contributed by atoms with Crippen LogP contribution in [-0.2, 0) is 13.0 Å². The predicted molar refractivity (Wildman–Crippen MR) is 132 cm³/mol. The van der Waals surface area contributed by atoms with E-state index in [0.717, 1.165) is 28.0 Å². The van der Waals surface area contributed by atoms with Crippen molar-refractivity contribution in [3.05, 3.63) is 113 Å². The Balaban J connectivity index is 1.57. The van der Waals surface area contributed by atoms with Crippen molar-refractivity contribution in [1.82, 2.24) is 4.90 Å². The van der Waals surface area contributed by atoms with Crippen molar-refractivity contribution in [2.24, 2.45) is 4.99 Å². The molecule has 2 aromatic carbocycles. The van der Waals surface area contributed by atoms with E-state index in [4.69, 9.17) is 4.42 Å². The van der Waals surface area contributed by atoms with Crippen molar-refractivity contribution in [3.63, 3.8) is 0 Å². The van der Waals surface area contributed by atoms with Crippen molar-refractivity contribution in [3.8, 4) is 6.07 Å². The third-order valence-corrected chi connectivity index (χ3v) is 6.30. The maximum Gasteiger partial charge on any atom is 0.290 e. The molecule has 2 aliphatic heterocycles. The predicted octanol–water partition coefficient (Wildman–Crippen LogP) is 4.75. The van der Waals surface area contributed by atoms with Crippen molar-refractivity contribution in [2.75, 3.05) is 18.0 Å². The molecule has 5 rings (SSSR count). The van der Waals surface area contributed by atoms with Crippen molar-refractivity contribution in [2.45, 2.75) is 19.0 Å². The van der Waals surface area contributed by atoms with Gasteiger partial charge < -0.3 is 14.2 Å². The van der Waals surface area contributed by atoms with E-state index >= 15 is 0 Å². The van der Waals surface area contributed by atoms with Gasteiger partial charge in [0.05, 0.1) is 23.9 Å². The summed E-state index contributed by atoms with van der Waals surface area (Å²) in [7, 11) is 0. The Morgan fingerprint density at radius 3 is 2.74 bits per heavy atom. The SMILES string of the molecule is C=C1C=NC=C1CN1C[C@@H](Cc2ccccc2)N(C(=O)c2ccco2)Cc2cc(C#N)ccc21. The second kappa shape index (κ2) is 9.24. The molecule has 0 radical (unpaired) electrons. The lowest BCUT2D eigenvalue weighted by Crippen LogP contribution is -2.46. The fraction of sp³-hybridized carbons (Fsp3) is 0.179. The number of hydrogen-bond acceptors (Lipinski definition) is 5. The molecule has 0 unspecified atom stereocenters. The van der Waals surface area contributed by atoms with Crippen LogP contribution in [0.2, 0.25) is 0 Å². The number of anilines is 1. The monoisotopic (exact) mass is 448 g/mol. The molecule has 0 saturated heterocycles. The molecule has 168 valence electrons. The van der Waals surface area contributed by atoms with Crippen LogP contribution in [0.15, 0.2) is 100 Å². The Bertz CT molecular complexity index is 1320. The second-order valence-electron chi connectivity index (χ2n) is 8.55. The number of nitrogens with zero attached hydrogens (tertiary/aromatic N) is 4. The molecular weight excluding hydrogens is 424 g/mol. The number of amides is 1. The lowest BCUT2D eigenvalue weighted by Gasteiger charge is -2.32. The lowest BCUT2D eigenvalue weighted by molar-refractivity contribution is 0.0638. The zero-order chi connectivity index (χ0) is 23.5. The average molecular weight is 449 g/mol. The van der Waals surface area contributed by atoms with Crippen LogP contribution in [0.4, 0.5) is 5.69 Å². The van der Waals surface area contributed by atoms with Gasteiger partial charge in [-0.3, -0.25) is 9.79 Å². The maximum absolute atomic E-state index is 13.6. The van der Waals surface area contributed by atoms with Crippen molar-refractivity contribution >= 4 is 17.8 Å². The van der Waals surface area contributed by atoms with Crippen LogP contribution in [0.25, 0.3) is 0 Å². The van der Waals surface area contributed by atoms with E-state index in [2.05, 4.69) is 34.7 Å². The number of carbonyl (C=O) groups is 1. The summed E-state index contributed by atoms with van der Waals surface area (Å²) in [4.78, 5) is 22.0. The summed E-state index contributed by atoms with van der Waals surface area (Å²) in [6.45, 7) is 5.72. The minimum atomic E-state index is -0.158. The summed E-state index contributed by atoms with van der Waals surface area (Å²) in [5.41, 5.74) is 5.59. The zero-order valence-corrected chi connectivity index (χ0v) is 18.7. The standard InChI is InChI=1S/C28H24N4O2/c1-20-15-30-16-24(20)17-31-19-25(13-21-6-3-2-4-7-21)32(28(33)27-8-5-11-34-27)18-23-12-22(14-29)9-10-26(23)31/h2-12,15-16,25H,1,13,17-19H2/t25-/m1/s1. The molecule has 1 atom stereocenters. The highest BCUT2D eigenvalue weighted by Crippen LogP contribution is 2.32. The molecule has 0 saturated carbocycles. The topological polar surface area (TPSA) is 72.8 Å². The lowest BCUT2D eigenvalue weighted by atomic mass is 10.0. The Kier molecular flexibility index (Phi) is 5.84. The summed E-state index contributed by atoms with van der Waals surface area (Å²) in [6, 6.07) is 21.4. The minimum absolute atomic E-state index is 0.117. The van der Waals surface area contributed by atoms with Crippen LogP contribution in [0.5, 0.6) is 0 Å². The van der Waals surface area contributed by atoms with Crippen LogP contribution >= 0.6 is 0 Å². The van der Waals surface area contributed by atoms with Gasteiger partial charge >= 0.3 is 0 Å². The highest BCUT2D eigenvalue weighted by atomic mass is 16.3. The highest BCUT2D eigenvalue weighted by molar-refractivity contribution is 5.92. The van der Waals surface area contributed by atoms with Crippen LogP contribution in [0.1, 0.15) is 27.2 Å². The Hall–Kier alpha value is -4.37. The van der Waals surface area contributed by atoms with Gasteiger partial charge in [-0.2, -0.15) is 5.26 Å². The summed E-state index contributed by atoms with van der Waals surface area (Å²) >= 11 is 0. The molecule has 1 aromatic heterocycles. The van der Waals surface area contributed by atoms with Gasteiger partial charge in [-0.25, -0.2) is 0 Å². The molecule has 34 heavy (non-hydrogen) atoms. The number of carbonyl (C=O) groups excluding carboxylic acids is 1. The molecule has 0 bridgehead atoms. The van der Waals surface area contributed by atoms with Gasteiger partial charge in [0.15, 0.2) is 5.76 Å². The van der Waals surface area contributed by atoms with Crippen LogP contribution in [0, 0.1) is 11.3 Å². The Morgan fingerprint density at radius 1 is 1.18 bits per heavy atom. The fourth-order valence-electron chi connectivity index (χ4n) is 4.58. The van der Waals surface area contributed by atoms with Gasteiger partial charge in [-0.15, -0.1) is 0 Å². The summed E-state index contributed by atoms with van der Waals surface area (Å²) in [5, 5.41) is 9.52. The van der Waals surface area contributed by atoms with Gasteiger partial charge in [0.1, 0.15) is 0 Å². The number of nitriles is 1. The van der Waals surface area contributed by atoms with E-state index in [1.807, 2.05) is 47.5 Å². The first-order valence-electron chi connectivity index (χ1n) is 11.2. The van der Waals surface area contributed by atoms with Gasteiger partial charge in [-0.05, 0) is 59.0 Å². The molecule has 3 heterocycles. The summed E-state index contributed by atoms with van der Waals surface area (Å²) < 4.78 is 5.47. The maximum atomic E-state index is 13.6. The largest absolute Gasteiger partial charge is 0.459 e. The van der Waals surface area contributed by atoms with E-state index in [9.17, 15) is 10.1 Å². The van der Waals surface area contributed by atoms with E-state index in [-0.39, 0.29) is 11.9 Å². The number of hydrogen-bond donors (Lipinski definition) is 0. The van der Waals surface area contributed by atoms with Gasteiger partial charge in [0.25, 0.3) is 5.91 Å². The summed E-state index contributed by atoms with van der Waals surface area (Å²) in [6.07, 6.45) is 5.82. The first kappa shape index (κ1) is 21.5. The molecule has 0 N–H and O–H groups in total. The van der Waals surface area contributed by atoms with Gasteiger partial charge in [0.2, 0.25) is 0 Å². The quantitative estimate of drug-likeness (QED) is 0.565. The minimum Gasteiger partial charge on any atom is -0.459 e. The third-order valence-electron chi connectivity index (χ3n) is 6.30. The van der Waals surface area contributed by atoms with Gasteiger partial charge in [-0.1, -0.05) is 36.9 Å². The molecule has 6 nitrogen and oxygen atoms in total.